The molecule has 1 heterocycles. The van der Waals surface area contributed by atoms with Gasteiger partial charge in [0.15, 0.2) is 11.5 Å². The zero-order valence-electron chi connectivity index (χ0n) is 14.2. The van der Waals surface area contributed by atoms with E-state index in [9.17, 15) is 9.59 Å². The number of nitrogens with zero attached hydrogens (tertiary/aromatic N) is 1. The first-order chi connectivity index (χ1) is 11.4. The molecule has 0 aliphatic carbocycles. The topological polar surface area (TPSA) is 67.9 Å². The molecular weight excluding hydrogens is 376 g/mol. The normalized spacial score (nSPS) is 12.9. The monoisotopic (exact) mass is 398 g/mol. The molecule has 1 N–H and O–H groups in total. The molecule has 0 spiro atoms. The van der Waals surface area contributed by atoms with E-state index in [1.54, 1.807) is 4.90 Å². The van der Waals surface area contributed by atoms with Crippen molar-refractivity contribution in [2.45, 2.75) is 33.2 Å². The summed E-state index contributed by atoms with van der Waals surface area (Å²) in [6, 6.07) is 3.69. The summed E-state index contributed by atoms with van der Waals surface area (Å²) in [4.78, 5) is 26.0. The molecule has 0 radical (unpaired) electrons. The summed E-state index contributed by atoms with van der Waals surface area (Å²) in [5.41, 5.74) is 0.812. The van der Waals surface area contributed by atoms with Crippen molar-refractivity contribution in [1.82, 2.24) is 10.2 Å². The van der Waals surface area contributed by atoms with Crippen LogP contribution >= 0.6 is 15.9 Å². The van der Waals surface area contributed by atoms with Crippen LogP contribution in [0.2, 0.25) is 0 Å². The number of ether oxygens (including phenoxy) is 2. The van der Waals surface area contributed by atoms with Crippen LogP contribution in [0.5, 0.6) is 11.5 Å². The Hall–Kier alpha value is -1.76. The minimum atomic E-state index is -0.151. The van der Waals surface area contributed by atoms with E-state index in [4.69, 9.17) is 9.47 Å². The third-order valence-electron chi connectivity index (χ3n) is 3.57. The first-order valence-electron chi connectivity index (χ1n) is 8.05. The molecule has 0 fully saturated rings. The van der Waals surface area contributed by atoms with Crippen molar-refractivity contribution in [2.75, 3.05) is 26.3 Å². The predicted octanol–water partition coefficient (Wildman–Crippen LogP) is 2.14. The van der Waals surface area contributed by atoms with Gasteiger partial charge in [-0.25, -0.2) is 0 Å². The fourth-order valence-electron chi connectivity index (χ4n) is 2.43. The Morgan fingerprint density at radius 3 is 2.46 bits per heavy atom. The minimum absolute atomic E-state index is 0.0539. The van der Waals surface area contributed by atoms with Crippen molar-refractivity contribution in [3.8, 4) is 11.5 Å². The molecule has 1 aromatic carbocycles. The van der Waals surface area contributed by atoms with Gasteiger partial charge in [0.25, 0.3) is 0 Å². The largest absolute Gasteiger partial charge is 0.486 e. The second kappa shape index (κ2) is 8.37. The molecule has 1 aliphatic rings. The molecule has 132 valence electrons. The molecule has 0 unspecified atom stereocenters. The standard InChI is InChI=1S/C17H23BrN2O4/c1-4-20(10-16(21)19-11(2)3)17(22)8-12-7-14-15(9-13(12)18)24-6-5-23-14/h7,9,11H,4-6,8,10H2,1-3H3,(H,19,21). The summed E-state index contributed by atoms with van der Waals surface area (Å²) in [7, 11) is 0. The highest BCUT2D eigenvalue weighted by molar-refractivity contribution is 9.10. The number of hydrogen-bond donors (Lipinski definition) is 1. The summed E-state index contributed by atoms with van der Waals surface area (Å²) in [5, 5.41) is 2.80. The van der Waals surface area contributed by atoms with Gasteiger partial charge in [-0.15, -0.1) is 0 Å². The number of amides is 2. The number of halogens is 1. The summed E-state index contributed by atoms with van der Waals surface area (Å²) in [6.45, 7) is 7.21. The maximum Gasteiger partial charge on any atom is 0.239 e. The third kappa shape index (κ3) is 4.87. The van der Waals surface area contributed by atoms with Crippen LogP contribution in [0.3, 0.4) is 0 Å². The number of fused-ring (bicyclic) bond motifs is 1. The second-order valence-corrected chi connectivity index (χ2v) is 6.75. The summed E-state index contributed by atoms with van der Waals surface area (Å²) in [5.74, 6) is 1.07. The summed E-state index contributed by atoms with van der Waals surface area (Å²) >= 11 is 3.47. The number of carbonyl (C=O) groups excluding carboxylic acids is 2. The maximum absolute atomic E-state index is 12.5. The lowest BCUT2D eigenvalue weighted by Gasteiger charge is -2.23. The molecule has 24 heavy (non-hydrogen) atoms. The average Bonchev–Trinajstić information content (AvgIpc) is 2.52. The van der Waals surface area contributed by atoms with Crippen molar-refractivity contribution in [3.63, 3.8) is 0 Å². The van der Waals surface area contributed by atoms with Crippen LogP contribution in [0.15, 0.2) is 16.6 Å². The number of likely N-dealkylation sites (N-methyl/N-ethyl adjacent to an activating group) is 1. The van der Waals surface area contributed by atoms with Gasteiger partial charge in [0, 0.05) is 17.1 Å². The molecular formula is C17H23BrN2O4. The number of rotatable bonds is 6. The van der Waals surface area contributed by atoms with Gasteiger partial charge in [-0.1, -0.05) is 15.9 Å². The van der Waals surface area contributed by atoms with E-state index in [2.05, 4.69) is 21.2 Å². The van der Waals surface area contributed by atoms with Gasteiger partial charge < -0.3 is 19.7 Å². The lowest BCUT2D eigenvalue weighted by atomic mass is 10.1. The van der Waals surface area contributed by atoms with Crippen molar-refractivity contribution in [3.05, 3.63) is 22.2 Å². The Labute approximate surface area is 150 Å². The fraction of sp³-hybridized carbons (Fsp3) is 0.529. The summed E-state index contributed by atoms with van der Waals surface area (Å²) in [6.07, 6.45) is 0.194. The van der Waals surface area contributed by atoms with Crippen LogP contribution in [0.4, 0.5) is 0 Å². The molecule has 2 rings (SSSR count). The first kappa shape index (κ1) is 18.6. The SMILES string of the molecule is CCN(CC(=O)NC(C)C)C(=O)Cc1cc2c(cc1Br)OCCO2. The van der Waals surface area contributed by atoms with Crippen LogP contribution in [0.1, 0.15) is 26.3 Å². The highest BCUT2D eigenvalue weighted by Crippen LogP contribution is 2.35. The van der Waals surface area contributed by atoms with Gasteiger partial charge in [-0.05, 0) is 38.5 Å². The van der Waals surface area contributed by atoms with Crippen LogP contribution in [-0.4, -0.2) is 49.1 Å². The number of hydrogen-bond acceptors (Lipinski definition) is 4. The van der Waals surface area contributed by atoms with E-state index in [0.717, 1.165) is 10.0 Å². The number of benzene rings is 1. The lowest BCUT2D eigenvalue weighted by molar-refractivity contribution is -0.135. The van der Waals surface area contributed by atoms with Crippen molar-refractivity contribution >= 4 is 27.7 Å². The maximum atomic E-state index is 12.5. The molecule has 7 heteroatoms. The Balaban J connectivity index is 2.05. The molecule has 6 nitrogen and oxygen atoms in total. The Morgan fingerprint density at radius 1 is 1.25 bits per heavy atom. The molecule has 1 aromatic rings. The van der Waals surface area contributed by atoms with Gasteiger partial charge in [0.05, 0.1) is 13.0 Å². The van der Waals surface area contributed by atoms with Crippen LogP contribution in [0, 0.1) is 0 Å². The fourth-order valence-corrected chi connectivity index (χ4v) is 2.90. The second-order valence-electron chi connectivity index (χ2n) is 5.89. The number of nitrogens with one attached hydrogen (secondary N) is 1. The molecule has 0 bridgehead atoms. The zero-order valence-corrected chi connectivity index (χ0v) is 15.8. The molecule has 2 amide bonds. The van der Waals surface area contributed by atoms with Gasteiger partial charge in [0.2, 0.25) is 11.8 Å². The quantitative estimate of drug-likeness (QED) is 0.796. The lowest BCUT2D eigenvalue weighted by Crippen LogP contribution is -2.43. The van der Waals surface area contributed by atoms with E-state index in [-0.39, 0.29) is 30.8 Å². The van der Waals surface area contributed by atoms with Crippen molar-refractivity contribution in [2.24, 2.45) is 0 Å². The van der Waals surface area contributed by atoms with E-state index in [1.165, 1.54) is 0 Å². The molecule has 0 saturated heterocycles. The van der Waals surface area contributed by atoms with Crippen molar-refractivity contribution in [1.29, 1.82) is 0 Å². The minimum Gasteiger partial charge on any atom is -0.486 e. The smallest absolute Gasteiger partial charge is 0.239 e. The highest BCUT2D eigenvalue weighted by Gasteiger charge is 2.20. The third-order valence-corrected chi connectivity index (χ3v) is 4.31. The van der Waals surface area contributed by atoms with Crippen LogP contribution in [0.25, 0.3) is 0 Å². The van der Waals surface area contributed by atoms with E-state index < -0.39 is 0 Å². The Kier molecular flexibility index (Phi) is 6.48. The van der Waals surface area contributed by atoms with Crippen LogP contribution < -0.4 is 14.8 Å². The number of carbonyl (C=O) groups is 2. The van der Waals surface area contributed by atoms with E-state index >= 15 is 0 Å². The van der Waals surface area contributed by atoms with Crippen LogP contribution in [-0.2, 0) is 16.0 Å². The highest BCUT2D eigenvalue weighted by atomic mass is 79.9. The molecule has 0 aromatic heterocycles. The van der Waals surface area contributed by atoms with Gasteiger partial charge in [-0.3, -0.25) is 9.59 Å². The van der Waals surface area contributed by atoms with Crippen molar-refractivity contribution < 1.29 is 19.1 Å². The molecule has 0 saturated carbocycles. The summed E-state index contributed by atoms with van der Waals surface area (Å²) < 4.78 is 11.9. The Bertz CT molecular complexity index is 619. The Morgan fingerprint density at radius 2 is 1.88 bits per heavy atom. The molecule has 0 atom stereocenters. The first-order valence-corrected chi connectivity index (χ1v) is 8.85. The van der Waals surface area contributed by atoms with E-state index in [1.807, 2.05) is 32.9 Å². The van der Waals surface area contributed by atoms with Gasteiger partial charge in [0.1, 0.15) is 13.2 Å². The van der Waals surface area contributed by atoms with Gasteiger partial charge in [-0.2, -0.15) is 0 Å². The average molecular weight is 399 g/mol. The predicted molar refractivity (Wildman–Crippen MR) is 94.4 cm³/mol. The van der Waals surface area contributed by atoms with Gasteiger partial charge >= 0.3 is 0 Å². The molecule has 1 aliphatic heterocycles. The zero-order chi connectivity index (χ0) is 17.7. The van der Waals surface area contributed by atoms with E-state index in [0.29, 0.717) is 31.3 Å².